The quantitative estimate of drug-likeness (QED) is 0.905. The van der Waals surface area contributed by atoms with E-state index in [0.29, 0.717) is 17.8 Å². The molecule has 0 saturated heterocycles. The SMILES string of the molecule is CS[C@@H]1CC[C@H](N(C)C(=O)NCc2cn(-c3ccccc3)nn2)C1. The summed E-state index contributed by atoms with van der Waals surface area (Å²) in [6, 6.07) is 10.1. The van der Waals surface area contributed by atoms with Crippen molar-refractivity contribution < 1.29 is 4.79 Å². The predicted molar refractivity (Wildman–Crippen MR) is 96.3 cm³/mol. The third-order valence-electron chi connectivity index (χ3n) is 4.54. The van der Waals surface area contributed by atoms with Gasteiger partial charge in [0.2, 0.25) is 0 Å². The van der Waals surface area contributed by atoms with E-state index in [9.17, 15) is 4.79 Å². The molecule has 0 bridgehead atoms. The first-order valence-corrected chi connectivity index (χ1v) is 9.46. The first-order chi connectivity index (χ1) is 11.7. The van der Waals surface area contributed by atoms with Crippen LogP contribution in [0.15, 0.2) is 36.5 Å². The minimum absolute atomic E-state index is 0.0454. The molecule has 1 aromatic carbocycles. The Morgan fingerprint density at radius 2 is 2.17 bits per heavy atom. The van der Waals surface area contributed by atoms with E-state index >= 15 is 0 Å². The number of carbonyl (C=O) groups is 1. The van der Waals surface area contributed by atoms with Crippen molar-refractivity contribution in [3.05, 3.63) is 42.2 Å². The summed E-state index contributed by atoms with van der Waals surface area (Å²) in [5.74, 6) is 0. The predicted octanol–water partition coefficient (Wildman–Crippen LogP) is 2.69. The Morgan fingerprint density at radius 1 is 1.38 bits per heavy atom. The fourth-order valence-electron chi connectivity index (χ4n) is 3.03. The highest BCUT2D eigenvalue weighted by atomic mass is 32.2. The van der Waals surface area contributed by atoms with Crippen LogP contribution in [0.25, 0.3) is 5.69 Å². The molecule has 1 fully saturated rings. The Kier molecular flexibility index (Phi) is 5.40. The Labute approximate surface area is 146 Å². The van der Waals surface area contributed by atoms with Crippen LogP contribution in [0.4, 0.5) is 4.79 Å². The number of benzene rings is 1. The minimum Gasteiger partial charge on any atom is -0.332 e. The molecule has 2 amide bonds. The van der Waals surface area contributed by atoms with Gasteiger partial charge in [-0.1, -0.05) is 23.4 Å². The monoisotopic (exact) mass is 345 g/mol. The number of thioether (sulfide) groups is 1. The molecule has 1 aliphatic rings. The molecule has 2 aromatic rings. The van der Waals surface area contributed by atoms with Gasteiger partial charge in [0.1, 0.15) is 5.69 Å². The number of para-hydroxylation sites is 1. The first-order valence-electron chi connectivity index (χ1n) is 8.17. The van der Waals surface area contributed by atoms with Gasteiger partial charge in [-0.05, 0) is 37.7 Å². The highest BCUT2D eigenvalue weighted by molar-refractivity contribution is 7.99. The summed E-state index contributed by atoms with van der Waals surface area (Å²) in [5, 5.41) is 11.8. The van der Waals surface area contributed by atoms with Crippen molar-refractivity contribution in [3.63, 3.8) is 0 Å². The van der Waals surface area contributed by atoms with Gasteiger partial charge in [0.25, 0.3) is 0 Å². The third kappa shape index (κ3) is 3.90. The Balaban J connectivity index is 1.52. The fraction of sp³-hybridized carbons (Fsp3) is 0.471. The highest BCUT2D eigenvalue weighted by Gasteiger charge is 2.29. The number of hydrogen-bond donors (Lipinski definition) is 1. The van der Waals surface area contributed by atoms with Crippen molar-refractivity contribution in [2.75, 3.05) is 13.3 Å². The number of aromatic nitrogens is 3. The van der Waals surface area contributed by atoms with Crippen LogP contribution in [0.1, 0.15) is 25.0 Å². The maximum absolute atomic E-state index is 12.3. The lowest BCUT2D eigenvalue weighted by atomic mass is 10.2. The van der Waals surface area contributed by atoms with E-state index in [-0.39, 0.29) is 6.03 Å². The summed E-state index contributed by atoms with van der Waals surface area (Å²) in [6.45, 7) is 0.384. The molecule has 24 heavy (non-hydrogen) atoms. The topological polar surface area (TPSA) is 63.1 Å². The van der Waals surface area contributed by atoms with Crippen molar-refractivity contribution in [3.8, 4) is 5.69 Å². The van der Waals surface area contributed by atoms with E-state index < -0.39 is 0 Å². The number of nitrogens with zero attached hydrogens (tertiary/aromatic N) is 4. The lowest BCUT2D eigenvalue weighted by Crippen LogP contribution is -2.42. The fourth-order valence-corrected chi connectivity index (χ4v) is 3.81. The number of nitrogens with one attached hydrogen (secondary N) is 1. The van der Waals surface area contributed by atoms with Gasteiger partial charge < -0.3 is 10.2 Å². The smallest absolute Gasteiger partial charge is 0.317 e. The normalized spacial score (nSPS) is 20.1. The van der Waals surface area contributed by atoms with E-state index in [1.165, 1.54) is 6.42 Å². The standard InChI is InChI=1S/C17H23N5OS/c1-21(15-8-9-16(10-15)24-2)17(23)18-11-13-12-22(20-19-13)14-6-4-3-5-7-14/h3-7,12,15-16H,8-11H2,1-2H3,(H,18,23)/t15-,16+/m0/s1. The summed E-state index contributed by atoms with van der Waals surface area (Å²) in [5.41, 5.74) is 1.70. The maximum atomic E-state index is 12.3. The Bertz CT molecular complexity index is 675. The highest BCUT2D eigenvalue weighted by Crippen LogP contribution is 2.30. The zero-order chi connectivity index (χ0) is 16.9. The number of urea groups is 1. The van der Waals surface area contributed by atoms with Gasteiger partial charge in [-0.3, -0.25) is 0 Å². The molecule has 1 aliphatic carbocycles. The second-order valence-electron chi connectivity index (χ2n) is 6.08. The van der Waals surface area contributed by atoms with Gasteiger partial charge in [-0.2, -0.15) is 11.8 Å². The molecule has 0 unspecified atom stereocenters. The molecule has 128 valence electrons. The molecule has 1 saturated carbocycles. The molecular formula is C17H23N5OS. The van der Waals surface area contributed by atoms with Gasteiger partial charge in [0, 0.05) is 18.3 Å². The number of carbonyl (C=O) groups excluding carboxylic acids is 1. The van der Waals surface area contributed by atoms with Gasteiger partial charge in [-0.25, -0.2) is 9.48 Å². The maximum Gasteiger partial charge on any atom is 0.317 e. The van der Waals surface area contributed by atoms with Crippen LogP contribution in [0.5, 0.6) is 0 Å². The zero-order valence-corrected chi connectivity index (χ0v) is 14.9. The van der Waals surface area contributed by atoms with Crippen molar-refractivity contribution in [1.82, 2.24) is 25.2 Å². The molecule has 1 heterocycles. The second-order valence-corrected chi connectivity index (χ2v) is 7.22. The summed E-state index contributed by atoms with van der Waals surface area (Å²) in [4.78, 5) is 14.2. The second kappa shape index (κ2) is 7.70. The molecule has 1 N–H and O–H groups in total. The number of hydrogen-bond acceptors (Lipinski definition) is 4. The van der Waals surface area contributed by atoms with E-state index in [1.807, 2.05) is 60.2 Å². The number of amides is 2. The van der Waals surface area contributed by atoms with Crippen LogP contribution < -0.4 is 5.32 Å². The van der Waals surface area contributed by atoms with Crippen LogP contribution in [0.2, 0.25) is 0 Å². The van der Waals surface area contributed by atoms with Gasteiger partial charge in [-0.15, -0.1) is 5.10 Å². The summed E-state index contributed by atoms with van der Waals surface area (Å²) in [7, 11) is 1.88. The van der Waals surface area contributed by atoms with E-state index in [0.717, 1.165) is 24.2 Å². The van der Waals surface area contributed by atoms with Crippen LogP contribution in [-0.2, 0) is 6.54 Å². The van der Waals surface area contributed by atoms with Crippen LogP contribution in [0, 0.1) is 0 Å². The summed E-state index contributed by atoms with van der Waals surface area (Å²) < 4.78 is 1.71. The van der Waals surface area contributed by atoms with Crippen molar-refractivity contribution in [2.45, 2.75) is 37.1 Å². The van der Waals surface area contributed by atoms with Gasteiger partial charge in [0.05, 0.1) is 18.4 Å². The molecule has 1 aromatic heterocycles. The molecule has 3 rings (SSSR count). The summed E-state index contributed by atoms with van der Waals surface area (Å²) in [6.07, 6.45) is 7.34. The van der Waals surface area contributed by atoms with E-state index in [2.05, 4.69) is 21.9 Å². The molecule has 0 spiro atoms. The van der Waals surface area contributed by atoms with Crippen LogP contribution in [-0.4, -0.2) is 50.5 Å². The van der Waals surface area contributed by atoms with Gasteiger partial charge in [0.15, 0.2) is 0 Å². The zero-order valence-electron chi connectivity index (χ0n) is 14.1. The van der Waals surface area contributed by atoms with Crippen molar-refractivity contribution in [2.24, 2.45) is 0 Å². The third-order valence-corrected chi connectivity index (χ3v) is 5.64. The van der Waals surface area contributed by atoms with Crippen LogP contribution >= 0.6 is 11.8 Å². The lowest BCUT2D eigenvalue weighted by Gasteiger charge is -2.24. The molecule has 2 atom stereocenters. The van der Waals surface area contributed by atoms with E-state index in [4.69, 9.17) is 0 Å². The van der Waals surface area contributed by atoms with Crippen molar-refractivity contribution in [1.29, 1.82) is 0 Å². The Morgan fingerprint density at radius 3 is 2.88 bits per heavy atom. The average Bonchev–Trinajstić information content (AvgIpc) is 3.29. The molecule has 6 nitrogen and oxygen atoms in total. The molecule has 0 aliphatic heterocycles. The Hall–Kier alpha value is -2.02. The average molecular weight is 345 g/mol. The van der Waals surface area contributed by atoms with Crippen LogP contribution in [0.3, 0.4) is 0 Å². The lowest BCUT2D eigenvalue weighted by molar-refractivity contribution is 0.190. The molecular weight excluding hydrogens is 322 g/mol. The first kappa shape index (κ1) is 16.8. The van der Waals surface area contributed by atoms with E-state index in [1.54, 1.807) is 4.68 Å². The largest absolute Gasteiger partial charge is 0.332 e. The minimum atomic E-state index is -0.0454. The molecule has 0 radical (unpaired) electrons. The summed E-state index contributed by atoms with van der Waals surface area (Å²) >= 11 is 1.90. The van der Waals surface area contributed by atoms with Crippen molar-refractivity contribution >= 4 is 17.8 Å². The number of rotatable bonds is 5. The molecule has 7 heteroatoms. The van der Waals surface area contributed by atoms with Gasteiger partial charge >= 0.3 is 6.03 Å².